The Hall–Kier alpha value is -4.87. The van der Waals surface area contributed by atoms with Crippen LogP contribution < -0.4 is 19.1 Å². The summed E-state index contributed by atoms with van der Waals surface area (Å²) in [5, 5.41) is 4.42. The highest BCUT2D eigenvalue weighted by molar-refractivity contribution is 7.93. The first-order valence-electron chi connectivity index (χ1n) is 12.7. The quantitative estimate of drug-likeness (QED) is 0.223. The summed E-state index contributed by atoms with van der Waals surface area (Å²) in [6.07, 6.45) is 0. The zero-order chi connectivity index (χ0) is 29.9. The van der Waals surface area contributed by atoms with E-state index in [0.29, 0.717) is 28.4 Å². The van der Waals surface area contributed by atoms with Gasteiger partial charge in [-0.1, -0.05) is 36.4 Å². The van der Waals surface area contributed by atoms with Crippen molar-refractivity contribution in [1.82, 2.24) is 0 Å². The predicted octanol–water partition coefficient (Wildman–Crippen LogP) is 5.73. The Balaban J connectivity index is 1.25. The third-order valence-corrected chi connectivity index (χ3v) is 9.85. The number of amides is 1. The smallest absolute Gasteiger partial charge is 0.264 e. The SMILES string of the molecule is COc1ccc(S(=O)(=O)N(C)c2ccc(C(=O)Nc3ccc(S(=O)(=O)Nc4cccc5ccccc45)cc3)cc2)cc1. The zero-order valence-electron chi connectivity index (χ0n) is 22.7. The van der Waals surface area contributed by atoms with Crippen LogP contribution in [0.2, 0.25) is 0 Å². The highest BCUT2D eigenvalue weighted by Crippen LogP contribution is 2.27. The van der Waals surface area contributed by atoms with E-state index in [1.165, 1.54) is 74.8 Å². The lowest BCUT2D eigenvalue weighted by molar-refractivity contribution is 0.102. The molecule has 0 bridgehead atoms. The fourth-order valence-electron chi connectivity index (χ4n) is 4.31. The van der Waals surface area contributed by atoms with Crippen molar-refractivity contribution in [1.29, 1.82) is 0 Å². The molecular weight excluding hydrogens is 574 g/mol. The van der Waals surface area contributed by atoms with E-state index in [9.17, 15) is 21.6 Å². The van der Waals surface area contributed by atoms with E-state index in [4.69, 9.17) is 4.74 Å². The van der Waals surface area contributed by atoms with Gasteiger partial charge in [-0.25, -0.2) is 16.8 Å². The lowest BCUT2D eigenvalue weighted by atomic mass is 10.1. The van der Waals surface area contributed by atoms with E-state index in [-0.39, 0.29) is 9.79 Å². The van der Waals surface area contributed by atoms with E-state index in [1.807, 2.05) is 30.3 Å². The van der Waals surface area contributed by atoms with Gasteiger partial charge in [-0.3, -0.25) is 13.8 Å². The first kappa shape index (κ1) is 28.7. The molecule has 5 aromatic rings. The maximum Gasteiger partial charge on any atom is 0.264 e. The van der Waals surface area contributed by atoms with E-state index in [1.54, 1.807) is 24.3 Å². The monoisotopic (exact) mass is 601 g/mol. The molecule has 0 aliphatic heterocycles. The zero-order valence-corrected chi connectivity index (χ0v) is 24.3. The lowest BCUT2D eigenvalue weighted by Gasteiger charge is -2.20. The summed E-state index contributed by atoms with van der Waals surface area (Å²) in [5.41, 5.74) is 1.53. The number of nitrogens with zero attached hydrogens (tertiary/aromatic N) is 1. The van der Waals surface area contributed by atoms with Crippen LogP contribution in [0.3, 0.4) is 0 Å². The van der Waals surface area contributed by atoms with Gasteiger partial charge in [-0.05, 0) is 84.2 Å². The van der Waals surface area contributed by atoms with Gasteiger partial charge in [0.1, 0.15) is 5.75 Å². The minimum Gasteiger partial charge on any atom is -0.497 e. The molecule has 0 saturated carbocycles. The summed E-state index contributed by atoms with van der Waals surface area (Å²) in [6.45, 7) is 0. The number of rotatable bonds is 9. The highest BCUT2D eigenvalue weighted by Gasteiger charge is 2.22. The van der Waals surface area contributed by atoms with Crippen LogP contribution in [0, 0.1) is 0 Å². The highest BCUT2D eigenvalue weighted by atomic mass is 32.2. The summed E-state index contributed by atoms with van der Waals surface area (Å²) in [4.78, 5) is 13.0. The van der Waals surface area contributed by atoms with Gasteiger partial charge in [0, 0.05) is 23.7 Å². The molecule has 0 atom stereocenters. The molecule has 0 unspecified atom stereocenters. The maximum absolute atomic E-state index is 13.0. The lowest BCUT2D eigenvalue weighted by Crippen LogP contribution is -2.26. The Morgan fingerprint density at radius 2 is 1.33 bits per heavy atom. The van der Waals surface area contributed by atoms with Crippen LogP contribution in [0.1, 0.15) is 10.4 Å². The normalized spacial score (nSPS) is 11.6. The van der Waals surface area contributed by atoms with Gasteiger partial charge in [-0.15, -0.1) is 0 Å². The van der Waals surface area contributed by atoms with Crippen LogP contribution in [0.15, 0.2) is 125 Å². The van der Waals surface area contributed by atoms with Crippen molar-refractivity contribution in [3.63, 3.8) is 0 Å². The van der Waals surface area contributed by atoms with Gasteiger partial charge in [0.05, 0.1) is 28.3 Å². The van der Waals surface area contributed by atoms with E-state index in [0.717, 1.165) is 15.1 Å². The number of hydrogen-bond donors (Lipinski definition) is 2. The largest absolute Gasteiger partial charge is 0.497 e. The van der Waals surface area contributed by atoms with Gasteiger partial charge in [0.25, 0.3) is 26.0 Å². The Labute approximate surface area is 244 Å². The number of carbonyl (C=O) groups is 1. The van der Waals surface area contributed by atoms with Gasteiger partial charge >= 0.3 is 0 Å². The van der Waals surface area contributed by atoms with Gasteiger partial charge in [-0.2, -0.15) is 0 Å². The second-order valence-electron chi connectivity index (χ2n) is 9.31. The summed E-state index contributed by atoms with van der Waals surface area (Å²) < 4.78 is 60.9. The molecule has 0 aromatic heterocycles. The standard InChI is InChI=1S/C31H27N3O6S2/c1-34(42(38,39)28-20-16-26(40-2)17-21-28)25-14-10-23(11-15-25)31(35)32-24-12-18-27(19-13-24)41(36,37)33-30-9-5-7-22-6-3-4-8-29(22)30/h3-21,33H,1-2H3,(H,32,35). The molecule has 1 amide bonds. The Kier molecular flexibility index (Phi) is 7.88. The molecule has 42 heavy (non-hydrogen) atoms. The number of ether oxygens (including phenoxy) is 1. The number of methoxy groups -OCH3 is 1. The molecule has 0 fully saturated rings. The molecule has 0 aliphatic carbocycles. The van der Waals surface area contributed by atoms with Crippen molar-refractivity contribution < 1.29 is 26.4 Å². The Morgan fingerprint density at radius 1 is 0.714 bits per heavy atom. The third kappa shape index (κ3) is 5.92. The van der Waals surface area contributed by atoms with Crippen molar-refractivity contribution in [3.8, 4) is 5.75 Å². The number of benzene rings is 5. The molecule has 214 valence electrons. The number of nitrogens with one attached hydrogen (secondary N) is 2. The number of anilines is 3. The summed E-state index contributed by atoms with van der Waals surface area (Å²) in [7, 11) is -4.77. The molecule has 11 heteroatoms. The van der Waals surface area contributed by atoms with Crippen molar-refractivity contribution in [2.24, 2.45) is 0 Å². The third-order valence-electron chi connectivity index (χ3n) is 6.67. The van der Waals surface area contributed by atoms with Gasteiger partial charge < -0.3 is 10.1 Å². The second-order valence-corrected chi connectivity index (χ2v) is 13.0. The van der Waals surface area contributed by atoms with Crippen molar-refractivity contribution in [2.75, 3.05) is 28.5 Å². The summed E-state index contributed by atoms with van der Waals surface area (Å²) in [5.74, 6) is 0.104. The molecule has 9 nitrogen and oxygen atoms in total. The average Bonchev–Trinajstić information content (AvgIpc) is 3.01. The topological polar surface area (TPSA) is 122 Å². The Morgan fingerprint density at radius 3 is 2.00 bits per heavy atom. The van der Waals surface area contributed by atoms with Crippen LogP contribution >= 0.6 is 0 Å². The van der Waals surface area contributed by atoms with Crippen molar-refractivity contribution in [2.45, 2.75) is 9.79 Å². The molecular formula is C31H27N3O6S2. The van der Waals surface area contributed by atoms with E-state index >= 15 is 0 Å². The van der Waals surface area contributed by atoms with E-state index in [2.05, 4.69) is 10.0 Å². The molecule has 2 N–H and O–H groups in total. The average molecular weight is 602 g/mol. The first-order chi connectivity index (χ1) is 20.1. The Bertz CT molecular complexity index is 1950. The number of carbonyl (C=O) groups excluding carboxylic acids is 1. The molecule has 5 rings (SSSR count). The molecule has 0 heterocycles. The predicted molar refractivity (Wildman–Crippen MR) is 164 cm³/mol. The van der Waals surface area contributed by atoms with E-state index < -0.39 is 26.0 Å². The molecule has 0 radical (unpaired) electrons. The van der Waals surface area contributed by atoms with Gasteiger partial charge in [0.2, 0.25) is 0 Å². The number of hydrogen-bond acceptors (Lipinski definition) is 6. The van der Waals surface area contributed by atoms with Crippen LogP contribution in [-0.4, -0.2) is 36.9 Å². The van der Waals surface area contributed by atoms with Crippen LogP contribution in [-0.2, 0) is 20.0 Å². The molecule has 0 spiro atoms. The number of sulfonamides is 2. The number of fused-ring (bicyclic) bond motifs is 1. The minimum absolute atomic E-state index is 0.0406. The van der Waals surface area contributed by atoms with Crippen LogP contribution in [0.5, 0.6) is 5.75 Å². The van der Waals surface area contributed by atoms with Gasteiger partial charge in [0.15, 0.2) is 0 Å². The molecule has 0 aliphatic rings. The minimum atomic E-state index is -3.87. The van der Waals surface area contributed by atoms with Crippen molar-refractivity contribution >= 4 is 53.8 Å². The summed E-state index contributed by atoms with van der Waals surface area (Å²) >= 11 is 0. The first-order valence-corrected chi connectivity index (χ1v) is 15.7. The molecule has 0 saturated heterocycles. The fraction of sp³-hybridized carbons (Fsp3) is 0.0645. The maximum atomic E-state index is 13.0. The molecule has 5 aromatic carbocycles. The van der Waals surface area contributed by atoms with Crippen molar-refractivity contribution in [3.05, 3.63) is 121 Å². The fourth-order valence-corrected chi connectivity index (χ4v) is 6.58. The van der Waals surface area contributed by atoms with Crippen LogP contribution in [0.25, 0.3) is 10.8 Å². The van der Waals surface area contributed by atoms with Crippen LogP contribution in [0.4, 0.5) is 17.1 Å². The summed E-state index contributed by atoms with van der Waals surface area (Å²) in [6, 6.07) is 30.8. The second kappa shape index (κ2) is 11.6.